The van der Waals surface area contributed by atoms with E-state index >= 15 is 0 Å². The third kappa shape index (κ3) is 3.98. The molecule has 2 heterocycles. The number of halogens is 1. The fourth-order valence-corrected chi connectivity index (χ4v) is 5.11. The molecule has 1 amide bonds. The van der Waals surface area contributed by atoms with E-state index in [0.29, 0.717) is 29.1 Å². The standard InChI is InChI=1S/C22H22BrN3O2S/c1-3-26-21(28)18-12-17(23)8-9-19(18)24-22(26)29-14(2)20(27)25-11-10-15-6-4-5-7-16(15)13-25/h4-9,12,14H,3,10-11,13H2,1-2H3. The molecule has 3 aromatic rings. The van der Waals surface area contributed by atoms with Gasteiger partial charge < -0.3 is 4.90 Å². The predicted molar refractivity (Wildman–Crippen MR) is 120 cm³/mol. The topological polar surface area (TPSA) is 55.2 Å². The van der Waals surface area contributed by atoms with E-state index in [1.54, 1.807) is 10.6 Å². The van der Waals surface area contributed by atoms with Gasteiger partial charge >= 0.3 is 0 Å². The highest BCUT2D eigenvalue weighted by atomic mass is 79.9. The van der Waals surface area contributed by atoms with E-state index in [2.05, 4.69) is 33.0 Å². The Bertz CT molecular complexity index is 1140. The average molecular weight is 472 g/mol. The van der Waals surface area contributed by atoms with E-state index in [1.807, 2.05) is 43.0 Å². The Balaban J connectivity index is 1.59. The van der Waals surface area contributed by atoms with Crippen molar-refractivity contribution in [1.82, 2.24) is 14.5 Å². The normalized spacial score (nSPS) is 14.7. The molecule has 0 N–H and O–H groups in total. The molecule has 1 unspecified atom stereocenters. The smallest absolute Gasteiger partial charge is 0.262 e. The molecular formula is C22H22BrN3O2S. The van der Waals surface area contributed by atoms with Gasteiger partial charge in [0, 0.05) is 24.1 Å². The van der Waals surface area contributed by atoms with E-state index in [4.69, 9.17) is 0 Å². The van der Waals surface area contributed by atoms with Crippen molar-refractivity contribution >= 4 is 44.5 Å². The van der Waals surface area contributed by atoms with Gasteiger partial charge in [0.05, 0.1) is 16.2 Å². The molecule has 0 bridgehead atoms. The zero-order valence-corrected chi connectivity index (χ0v) is 18.8. The molecule has 29 heavy (non-hydrogen) atoms. The van der Waals surface area contributed by atoms with Crippen molar-refractivity contribution in [2.75, 3.05) is 6.54 Å². The SMILES string of the molecule is CCn1c(SC(C)C(=O)N2CCc3ccccc3C2)nc2ccc(Br)cc2c1=O. The van der Waals surface area contributed by atoms with Gasteiger partial charge in [0.2, 0.25) is 5.91 Å². The Morgan fingerprint density at radius 3 is 2.76 bits per heavy atom. The first-order valence-electron chi connectivity index (χ1n) is 9.70. The molecule has 0 saturated heterocycles. The van der Waals surface area contributed by atoms with Crippen LogP contribution in [0.2, 0.25) is 0 Å². The van der Waals surface area contributed by atoms with Crippen molar-refractivity contribution in [3.8, 4) is 0 Å². The van der Waals surface area contributed by atoms with Gasteiger partial charge in [-0.15, -0.1) is 0 Å². The van der Waals surface area contributed by atoms with E-state index < -0.39 is 0 Å². The van der Waals surface area contributed by atoms with Crippen molar-refractivity contribution in [3.63, 3.8) is 0 Å². The van der Waals surface area contributed by atoms with Crippen LogP contribution in [0.25, 0.3) is 10.9 Å². The lowest BCUT2D eigenvalue weighted by Gasteiger charge is -2.30. The Hall–Kier alpha value is -2.12. The summed E-state index contributed by atoms with van der Waals surface area (Å²) in [5.74, 6) is 0.0808. The molecule has 4 rings (SSSR count). The number of carbonyl (C=O) groups is 1. The number of amides is 1. The lowest BCUT2D eigenvalue weighted by Crippen LogP contribution is -2.40. The van der Waals surface area contributed by atoms with Crippen LogP contribution in [0.4, 0.5) is 0 Å². The number of hydrogen-bond donors (Lipinski definition) is 0. The molecule has 150 valence electrons. The molecule has 5 nitrogen and oxygen atoms in total. The molecule has 7 heteroatoms. The lowest BCUT2D eigenvalue weighted by molar-refractivity contribution is -0.131. The summed E-state index contributed by atoms with van der Waals surface area (Å²) < 4.78 is 2.50. The number of nitrogens with zero attached hydrogens (tertiary/aromatic N) is 3. The molecule has 2 aromatic carbocycles. The van der Waals surface area contributed by atoms with Crippen LogP contribution in [0.1, 0.15) is 25.0 Å². The minimum absolute atomic E-state index is 0.0761. The molecule has 0 saturated carbocycles. The number of benzene rings is 2. The summed E-state index contributed by atoms with van der Waals surface area (Å²) in [5.41, 5.74) is 3.10. The van der Waals surface area contributed by atoms with Gasteiger partial charge in [-0.2, -0.15) is 0 Å². The Kier molecular flexibility index (Phi) is 5.79. The van der Waals surface area contributed by atoms with E-state index in [1.165, 1.54) is 22.9 Å². The Labute approximate surface area is 182 Å². The van der Waals surface area contributed by atoms with Crippen LogP contribution in [0, 0.1) is 0 Å². The monoisotopic (exact) mass is 471 g/mol. The number of carbonyl (C=O) groups excluding carboxylic acids is 1. The number of hydrogen-bond acceptors (Lipinski definition) is 4. The maximum absolute atomic E-state index is 13.1. The lowest BCUT2D eigenvalue weighted by atomic mass is 10.00. The van der Waals surface area contributed by atoms with Crippen molar-refractivity contribution in [2.24, 2.45) is 0 Å². The van der Waals surface area contributed by atoms with Gasteiger partial charge in [-0.3, -0.25) is 14.2 Å². The zero-order valence-electron chi connectivity index (χ0n) is 16.4. The van der Waals surface area contributed by atoms with Crippen LogP contribution >= 0.6 is 27.7 Å². The highest BCUT2D eigenvalue weighted by molar-refractivity contribution is 9.10. The maximum atomic E-state index is 13.1. The van der Waals surface area contributed by atoms with E-state index in [9.17, 15) is 9.59 Å². The molecule has 1 aromatic heterocycles. The van der Waals surface area contributed by atoms with Crippen LogP contribution < -0.4 is 5.56 Å². The molecule has 0 radical (unpaired) electrons. The van der Waals surface area contributed by atoms with Gasteiger partial charge in [-0.1, -0.05) is 52.0 Å². The van der Waals surface area contributed by atoms with Crippen molar-refractivity contribution in [2.45, 2.75) is 43.8 Å². The predicted octanol–water partition coefficient (Wildman–Crippen LogP) is 4.24. The van der Waals surface area contributed by atoms with Gasteiger partial charge in [0.15, 0.2) is 5.16 Å². The Morgan fingerprint density at radius 1 is 1.24 bits per heavy atom. The van der Waals surface area contributed by atoms with Gasteiger partial charge in [-0.05, 0) is 49.6 Å². The first kappa shape index (κ1) is 20.2. The minimum atomic E-state index is -0.321. The fourth-order valence-electron chi connectivity index (χ4n) is 3.69. The molecule has 0 fully saturated rings. The number of thioether (sulfide) groups is 1. The maximum Gasteiger partial charge on any atom is 0.262 e. The quantitative estimate of drug-likeness (QED) is 0.421. The second-order valence-electron chi connectivity index (χ2n) is 7.14. The van der Waals surface area contributed by atoms with Gasteiger partial charge in [-0.25, -0.2) is 4.98 Å². The molecular weight excluding hydrogens is 450 g/mol. The van der Waals surface area contributed by atoms with Crippen LogP contribution in [0.3, 0.4) is 0 Å². The Morgan fingerprint density at radius 2 is 2.00 bits per heavy atom. The summed E-state index contributed by atoms with van der Waals surface area (Å²) in [5, 5.41) is 0.848. The largest absolute Gasteiger partial charge is 0.337 e. The van der Waals surface area contributed by atoms with Gasteiger partial charge in [0.25, 0.3) is 5.56 Å². The number of fused-ring (bicyclic) bond motifs is 2. The summed E-state index contributed by atoms with van der Waals surface area (Å²) in [6.07, 6.45) is 0.877. The molecule has 1 aliphatic heterocycles. The molecule has 0 aliphatic carbocycles. The third-order valence-electron chi connectivity index (χ3n) is 5.27. The molecule has 0 spiro atoms. The summed E-state index contributed by atoms with van der Waals surface area (Å²) in [6, 6.07) is 13.8. The number of aromatic nitrogens is 2. The van der Waals surface area contributed by atoms with Crippen LogP contribution in [0.15, 0.2) is 56.9 Å². The number of rotatable bonds is 4. The molecule has 1 aliphatic rings. The van der Waals surface area contributed by atoms with Crippen molar-refractivity contribution < 1.29 is 4.79 Å². The second-order valence-corrected chi connectivity index (χ2v) is 9.37. The summed E-state index contributed by atoms with van der Waals surface area (Å²) >= 11 is 4.78. The second kappa shape index (κ2) is 8.32. The molecule has 1 atom stereocenters. The van der Waals surface area contributed by atoms with E-state index in [-0.39, 0.29) is 16.7 Å². The highest BCUT2D eigenvalue weighted by Crippen LogP contribution is 2.27. The van der Waals surface area contributed by atoms with Crippen molar-refractivity contribution in [3.05, 3.63) is 68.4 Å². The van der Waals surface area contributed by atoms with Crippen LogP contribution in [-0.4, -0.2) is 32.2 Å². The van der Waals surface area contributed by atoms with Crippen molar-refractivity contribution in [1.29, 1.82) is 0 Å². The van der Waals surface area contributed by atoms with E-state index in [0.717, 1.165) is 17.4 Å². The van der Waals surface area contributed by atoms with Crippen LogP contribution in [0.5, 0.6) is 0 Å². The zero-order chi connectivity index (χ0) is 20.5. The summed E-state index contributed by atoms with van der Waals surface area (Å²) in [4.78, 5) is 32.6. The van der Waals surface area contributed by atoms with Crippen LogP contribution in [-0.2, 0) is 24.3 Å². The summed E-state index contributed by atoms with van der Waals surface area (Å²) in [6.45, 7) is 5.69. The summed E-state index contributed by atoms with van der Waals surface area (Å²) in [7, 11) is 0. The van der Waals surface area contributed by atoms with Gasteiger partial charge in [0.1, 0.15) is 0 Å². The highest BCUT2D eigenvalue weighted by Gasteiger charge is 2.26. The minimum Gasteiger partial charge on any atom is -0.337 e. The third-order valence-corrected chi connectivity index (χ3v) is 6.84. The first-order valence-corrected chi connectivity index (χ1v) is 11.4. The average Bonchev–Trinajstić information content (AvgIpc) is 2.73. The first-order chi connectivity index (χ1) is 14.0. The fraction of sp³-hybridized carbons (Fsp3) is 0.318.